The Labute approximate surface area is 121 Å². The lowest BCUT2D eigenvalue weighted by Gasteiger charge is -2.11. The number of aryl methyl sites for hydroxylation is 1. The zero-order chi connectivity index (χ0) is 15.6. The van der Waals surface area contributed by atoms with Crippen LogP contribution < -0.4 is 5.32 Å². The molecule has 2 aromatic carbocycles. The van der Waals surface area contributed by atoms with Gasteiger partial charge in [-0.3, -0.25) is 4.79 Å². The molecule has 5 heteroatoms. The first-order valence-corrected chi connectivity index (χ1v) is 6.30. The number of halogens is 1. The Hall–Kier alpha value is -2.69. The number of nitrogens with one attached hydrogen (secondary N) is 1. The number of anilines is 1. The molecule has 108 valence electrons. The van der Waals surface area contributed by atoms with Crippen molar-refractivity contribution >= 4 is 17.6 Å². The Balaban J connectivity index is 2.38. The molecular formula is C16H14FNO3. The van der Waals surface area contributed by atoms with E-state index in [2.05, 4.69) is 5.32 Å². The van der Waals surface area contributed by atoms with E-state index < -0.39 is 17.7 Å². The molecule has 0 radical (unpaired) electrons. The molecule has 0 unspecified atom stereocenters. The minimum atomic E-state index is -1.23. The van der Waals surface area contributed by atoms with Gasteiger partial charge in [-0.05, 0) is 49.2 Å². The number of hydrogen-bond acceptors (Lipinski definition) is 2. The average Bonchev–Trinajstić information content (AvgIpc) is 2.41. The Morgan fingerprint density at radius 3 is 2.48 bits per heavy atom. The fraction of sp³-hybridized carbons (Fsp3) is 0.125. The molecule has 0 aliphatic heterocycles. The molecule has 4 nitrogen and oxygen atoms in total. The van der Waals surface area contributed by atoms with Crippen molar-refractivity contribution in [1.29, 1.82) is 0 Å². The lowest BCUT2D eigenvalue weighted by molar-refractivity contribution is 0.0698. The van der Waals surface area contributed by atoms with E-state index in [1.165, 1.54) is 0 Å². The second-order valence-electron chi connectivity index (χ2n) is 4.70. The molecule has 0 spiro atoms. The maximum absolute atomic E-state index is 13.3. The fourth-order valence-electron chi connectivity index (χ4n) is 1.99. The third-order valence-electron chi connectivity index (χ3n) is 3.31. The second-order valence-corrected chi connectivity index (χ2v) is 4.70. The highest BCUT2D eigenvalue weighted by atomic mass is 19.1. The summed E-state index contributed by atoms with van der Waals surface area (Å²) in [7, 11) is 0. The van der Waals surface area contributed by atoms with Gasteiger partial charge in [0.1, 0.15) is 5.82 Å². The number of benzene rings is 2. The van der Waals surface area contributed by atoms with E-state index in [9.17, 15) is 14.0 Å². The number of rotatable bonds is 3. The average molecular weight is 287 g/mol. The van der Waals surface area contributed by atoms with Crippen molar-refractivity contribution in [3.05, 3.63) is 64.5 Å². The van der Waals surface area contributed by atoms with Crippen molar-refractivity contribution in [2.24, 2.45) is 0 Å². The molecule has 2 rings (SSSR count). The zero-order valence-corrected chi connectivity index (χ0v) is 11.6. The van der Waals surface area contributed by atoms with Crippen molar-refractivity contribution in [2.75, 3.05) is 5.32 Å². The molecule has 0 saturated heterocycles. The maximum atomic E-state index is 13.3. The molecule has 0 aromatic heterocycles. The van der Waals surface area contributed by atoms with E-state index in [0.29, 0.717) is 5.56 Å². The number of amides is 1. The molecule has 0 aliphatic rings. The van der Waals surface area contributed by atoms with Crippen LogP contribution in [0.2, 0.25) is 0 Å². The molecule has 0 bridgehead atoms. The third-order valence-corrected chi connectivity index (χ3v) is 3.31. The molecule has 1 amide bonds. The van der Waals surface area contributed by atoms with E-state index in [1.807, 2.05) is 13.0 Å². The van der Waals surface area contributed by atoms with Gasteiger partial charge < -0.3 is 10.4 Å². The third kappa shape index (κ3) is 3.08. The lowest BCUT2D eigenvalue weighted by Crippen LogP contribution is -2.16. The van der Waals surface area contributed by atoms with Gasteiger partial charge in [-0.25, -0.2) is 9.18 Å². The summed E-state index contributed by atoms with van der Waals surface area (Å²) in [4.78, 5) is 23.3. The smallest absolute Gasteiger partial charge is 0.337 e. The number of carbonyl (C=O) groups is 2. The van der Waals surface area contributed by atoms with Crippen molar-refractivity contribution in [1.82, 2.24) is 0 Å². The van der Waals surface area contributed by atoms with Gasteiger partial charge in [-0.2, -0.15) is 0 Å². The molecule has 0 aliphatic carbocycles. The molecule has 2 aromatic rings. The molecule has 2 N–H and O–H groups in total. The van der Waals surface area contributed by atoms with Crippen LogP contribution in [-0.4, -0.2) is 17.0 Å². The minimum absolute atomic E-state index is 0.0617. The van der Waals surface area contributed by atoms with Crippen molar-refractivity contribution in [2.45, 2.75) is 13.8 Å². The van der Waals surface area contributed by atoms with Crippen LogP contribution in [0.5, 0.6) is 0 Å². The van der Waals surface area contributed by atoms with Gasteiger partial charge in [0, 0.05) is 5.56 Å². The van der Waals surface area contributed by atoms with E-state index in [4.69, 9.17) is 5.11 Å². The summed E-state index contributed by atoms with van der Waals surface area (Å²) in [5, 5.41) is 11.5. The standard InChI is InChI=1S/C16H14FNO3/c1-9-4-3-5-12(10(9)2)15(19)18-14-8-11(17)6-7-13(14)16(20)21/h3-8H,1-2H3,(H,18,19)(H,20,21). The first kappa shape index (κ1) is 14.7. The Kier molecular flexibility index (Phi) is 4.03. The number of carboxylic acid groups (broad SMARTS) is 1. The Bertz CT molecular complexity index is 725. The predicted molar refractivity (Wildman–Crippen MR) is 77.2 cm³/mol. The fourth-order valence-corrected chi connectivity index (χ4v) is 1.99. The summed E-state index contributed by atoms with van der Waals surface area (Å²) in [5.74, 6) is -2.31. The summed E-state index contributed by atoms with van der Waals surface area (Å²) in [6.45, 7) is 3.67. The van der Waals surface area contributed by atoms with Crippen LogP contribution in [0.3, 0.4) is 0 Å². The quantitative estimate of drug-likeness (QED) is 0.909. The zero-order valence-electron chi connectivity index (χ0n) is 11.6. The molecule has 0 heterocycles. The van der Waals surface area contributed by atoms with E-state index in [0.717, 1.165) is 29.3 Å². The molecule has 0 atom stereocenters. The monoisotopic (exact) mass is 287 g/mol. The van der Waals surface area contributed by atoms with Gasteiger partial charge in [-0.1, -0.05) is 12.1 Å². The maximum Gasteiger partial charge on any atom is 0.337 e. The number of aromatic carboxylic acids is 1. The Morgan fingerprint density at radius 2 is 1.81 bits per heavy atom. The lowest BCUT2D eigenvalue weighted by atomic mass is 10.0. The van der Waals surface area contributed by atoms with Gasteiger partial charge in [-0.15, -0.1) is 0 Å². The number of carboxylic acids is 1. The summed E-state index contributed by atoms with van der Waals surface area (Å²) in [6.07, 6.45) is 0. The number of carbonyl (C=O) groups excluding carboxylic acids is 1. The molecule has 21 heavy (non-hydrogen) atoms. The predicted octanol–water partition coefficient (Wildman–Crippen LogP) is 3.39. The first-order valence-electron chi connectivity index (χ1n) is 6.30. The van der Waals surface area contributed by atoms with Gasteiger partial charge in [0.25, 0.3) is 5.91 Å². The molecule has 0 fully saturated rings. The van der Waals surface area contributed by atoms with Gasteiger partial charge in [0.05, 0.1) is 11.3 Å². The first-order chi connectivity index (χ1) is 9.90. The van der Waals surface area contributed by atoms with Gasteiger partial charge >= 0.3 is 5.97 Å². The second kappa shape index (κ2) is 5.75. The van der Waals surface area contributed by atoms with Crippen LogP contribution in [0.15, 0.2) is 36.4 Å². The van der Waals surface area contributed by atoms with Crippen LogP contribution in [0, 0.1) is 19.7 Å². The minimum Gasteiger partial charge on any atom is -0.478 e. The van der Waals surface area contributed by atoms with Crippen molar-refractivity contribution in [3.8, 4) is 0 Å². The largest absolute Gasteiger partial charge is 0.478 e. The Morgan fingerprint density at radius 1 is 1.10 bits per heavy atom. The van der Waals surface area contributed by atoms with E-state index in [1.54, 1.807) is 19.1 Å². The van der Waals surface area contributed by atoms with Gasteiger partial charge in [0.2, 0.25) is 0 Å². The highest BCUT2D eigenvalue weighted by Gasteiger charge is 2.16. The number of hydrogen-bond donors (Lipinski definition) is 2. The molecule has 0 saturated carbocycles. The topological polar surface area (TPSA) is 66.4 Å². The highest BCUT2D eigenvalue weighted by molar-refractivity contribution is 6.08. The van der Waals surface area contributed by atoms with Crippen LogP contribution >= 0.6 is 0 Å². The normalized spacial score (nSPS) is 10.2. The highest BCUT2D eigenvalue weighted by Crippen LogP contribution is 2.20. The summed E-state index contributed by atoms with van der Waals surface area (Å²) in [6, 6.07) is 8.40. The molecular weight excluding hydrogens is 273 g/mol. The van der Waals surface area contributed by atoms with Crippen molar-refractivity contribution < 1.29 is 19.1 Å². The summed E-state index contributed by atoms with van der Waals surface area (Å²) >= 11 is 0. The van der Waals surface area contributed by atoms with Crippen molar-refractivity contribution in [3.63, 3.8) is 0 Å². The van der Waals surface area contributed by atoms with Crippen LogP contribution in [0.25, 0.3) is 0 Å². The van der Waals surface area contributed by atoms with E-state index in [-0.39, 0.29) is 11.3 Å². The van der Waals surface area contributed by atoms with Crippen LogP contribution in [-0.2, 0) is 0 Å². The summed E-state index contributed by atoms with van der Waals surface area (Å²) < 4.78 is 13.3. The SMILES string of the molecule is Cc1cccc(C(=O)Nc2cc(F)ccc2C(=O)O)c1C. The van der Waals surface area contributed by atoms with Crippen LogP contribution in [0.1, 0.15) is 31.8 Å². The van der Waals surface area contributed by atoms with Gasteiger partial charge in [0.15, 0.2) is 0 Å². The van der Waals surface area contributed by atoms with E-state index >= 15 is 0 Å². The summed E-state index contributed by atoms with van der Waals surface area (Å²) in [5.41, 5.74) is 1.95. The van der Waals surface area contributed by atoms with Crippen LogP contribution in [0.4, 0.5) is 10.1 Å².